The average molecular weight is 713 g/mol. The fourth-order valence-corrected chi connectivity index (χ4v) is 8.86. The Morgan fingerprint density at radius 3 is 1.96 bits per heavy atom. The van der Waals surface area contributed by atoms with Crippen molar-refractivity contribution in [3.63, 3.8) is 0 Å². The third kappa shape index (κ3) is 5.62. The van der Waals surface area contributed by atoms with Gasteiger partial charge in [-0.2, -0.15) is 0 Å². The normalized spacial score (nSPS) is 25.4. The van der Waals surface area contributed by atoms with Crippen molar-refractivity contribution in [3.8, 4) is 23.0 Å². The van der Waals surface area contributed by atoms with Gasteiger partial charge in [0, 0.05) is 44.4 Å². The minimum atomic E-state index is -0.666. The Hall–Kier alpha value is -6.54. The second-order valence-electron chi connectivity index (χ2n) is 14.9. The predicted molar refractivity (Wildman–Crippen MR) is 212 cm³/mol. The number of phenols is 4. The Kier molecular flexibility index (Phi) is 7.92. The molecule has 0 fully saturated rings. The zero-order valence-electron chi connectivity index (χ0n) is 29.9. The van der Waals surface area contributed by atoms with Crippen molar-refractivity contribution in [2.75, 3.05) is 0 Å². The van der Waals surface area contributed by atoms with E-state index in [1.807, 2.05) is 66.7 Å². The second kappa shape index (κ2) is 12.8. The van der Waals surface area contributed by atoms with E-state index >= 15 is 0 Å². The lowest BCUT2D eigenvalue weighted by molar-refractivity contribution is 0.290. The van der Waals surface area contributed by atoms with Gasteiger partial charge in [-0.15, -0.1) is 0 Å². The summed E-state index contributed by atoms with van der Waals surface area (Å²) < 4.78 is 0. The first-order valence-electron chi connectivity index (χ1n) is 18.3. The Balaban J connectivity index is 1.39. The quantitative estimate of drug-likeness (QED) is 0.118. The molecule has 0 saturated carbocycles. The van der Waals surface area contributed by atoms with Gasteiger partial charge in [0.25, 0.3) is 0 Å². The van der Waals surface area contributed by atoms with E-state index < -0.39 is 5.41 Å². The molecule has 3 aliphatic heterocycles. The van der Waals surface area contributed by atoms with Gasteiger partial charge >= 0.3 is 0 Å². The lowest BCUT2D eigenvalue weighted by atomic mass is 9.67. The number of benzene rings is 4. The van der Waals surface area contributed by atoms with Gasteiger partial charge in [-0.05, 0) is 113 Å². The van der Waals surface area contributed by atoms with E-state index in [1.54, 1.807) is 36.4 Å². The first kappa shape index (κ1) is 33.3. The molecule has 0 radical (unpaired) electrons. The van der Waals surface area contributed by atoms with Crippen molar-refractivity contribution < 1.29 is 20.4 Å². The number of hydrogen-bond acceptors (Lipinski definition) is 6. The fourth-order valence-electron chi connectivity index (χ4n) is 8.86. The highest BCUT2D eigenvalue weighted by Gasteiger charge is 2.49. The van der Waals surface area contributed by atoms with Gasteiger partial charge in [-0.25, -0.2) is 0 Å². The molecule has 6 aromatic rings. The smallest absolute Gasteiger partial charge is 0.116 e. The molecule has 0 aliphatic carbocycles. The number of fused-ring (bicyclic) bond motifs is 6. The van der Waals surface area contributed by atoms with Crippen molar-refractivity contribution in [2.24, 2.45) is 15.9 Å². The molecule has 268 valence electrons. The zero-order valence-corrected chi connectivity index (χ0v) is 29.9. The number of hydrogen-bond donors (Lipinski definition) is 6. The van der Waals surface area contributed by atoms with Crippen molar-refractivity contribution in [1.82, 2.24) is 9.97 Å². The van der Waals surface area contributed by atoms with E-state index in [1.165, 1.54) is 0 Å². The molecule has 8 heteroatoms. The van der Waals surface area contributed by atoms with Gasteiger partial charge < -0.3 is 30.4 Å². The summed E-state index contributed by atoms with van der Waals surface area (Å²) in [5, 5.41) is 44.4. The monoisotopic (exact) mass is 712 g/mol. The van der Waals surface area contributed by atoms with E-state index in [-0.39, 0.29) is 46.9 Å². The van der Waals surface area contributed by atoms with Gasteiger partial charge in [0.15, 0.2) is 0 Å². The molecular formula is C46H40N4O4. The highest BCUT2D eigenvalue weighted by molar-refractivity contribution is 6.29. The Morgan fingerprint density at radius 2 is 1.28 bits per heavy atom. The van der Waals surface area contributed by atoms with Crippen LogP contribution in [0.15, 0.2) is 143 Å². The molecule has 5 unspecified atom stereocenters. The van der Waals surface area contributed by atoms with E-state index in [0.717, 1.165) is 66.9 Å². The fraction of sp³-hybridized carbons (Fsp3) is 0.174. The number of phenolic OH excluding ortho intramolecular Hbond substituents is 4. The molecular weight excluding hydrogens is 673 g/mol. The van der Waals surface area contributed by atoms with Crippen LogP contribution in [0.5, 0.6) is 23.0 Å². The number of aromatic nitrogens is 2. The van der Waals surface area contributed by atoms with Crippen LogP contribution in [0.1, 0.15) is 59.8 Å². The van der Waals surface area contributed by atoms with E-state index in [2.05, 4.69) is 54.2 Å². The second-order valence-corrected chi connectivity index (χ2v) is 14.9. The van der Waals surface area contributed by atoms with Crippen molar-refractivity contribution in [1.29, 1.82) is 0 Å². The zero-order chi connectivity index (χ0) is 37.1. The van der Waals surface area contributed by atoms with Crippen LogP contribution in [0.2, 0.25) is 0 Å². The van der Waals surface area contributed by atoms with Crippen LogP contribution in [-0.4, -0.2) is 53.9 Å². The summed E-state index contributed by atoms with van der Waals surface area (Å²) in [4.78, 5) is 18.6. The molecule has 3 aliphatic rings. The minimum absolute atomic E-state index is 0.111. The molecule has 8 bridgehead atoms. The Morgan fingerprint density at radius 1 is 0.648 bits per heavy atom. The van der Waals surface area contributed by atoms with Gasteiger partial charge in [-0.1, -0.05) is 68.5 Å². The lowest BCUT2D eigenvalue weighted by Crippen LogP contribution is -2.46. The van der Waals surface area contributed by atoms with E-state index in [4.69, 9.17) is 9.98 Å². The topological polar surface area (TPSA) is 137 Å². The number of H-pyrrole nitrogens is 2. The Bertz CT molecular complexity index is 2660. The highest BCUT2D eigenvalue weighted by atomic mass is 16.3. The largest absolute Gasteiger partial charge is 0.508 e. The molecule has 8 nitrogen and oxygen atoms in total. The van der Waals surface area contributed by atoms with Gasteiger partial charge in [0.1, 0.15) is 23.0 Å². The minimum Gasteiger partial charge on any atom is -0.508 e. The molecule has 6 N–H and O–H groups in total. The summed E-state index contributed by atoms with van der Waals surface area (Å²) in [6.07, 6.45) is 4.91. The molecule has 5 heterocycles. The van der Waals surface area contributed by atoms with Crippen LogP contribution < -0.4 is 10.7 Å². The average Bonchev–Trinajstić information content (AvgIpc) is 3.98. The molecule has 9 rings (SSSR count). The first-order valence-corrected chi connectivity index (χ1v) is 18.3. The Labute approximate surface area is 312 Å². The van der Waals surface area contributed by atoms with E-state index in [9.17, 15) is 20.4 Å². The van der Waals surface area contributed by atoms with Gasteiger partial charge in [0.05, 0.1) is 23.7 Å². The molecule has 4 aromatic carbocycles. The van der Waals surface area contributed by atoms with Crippen LogP contribution in [-0.2, 0) is 5.41 Å². The number of nitrogens with zero attached hydrogens (tertiary/aromatic N) is 2. The summed E-state index contributed by atoms with van der Waals surface area (Å²) >= 11 is 0. The van der Waals surface area contributed by atoms with Crippen molar-refractivity contribution in [2.45, 2.75) is 43.7 Å². The van der Waals surface area contributed by atoms with Gasteiger partial charge in [-0.3, -0.25) is 9.98 Å². The van der Waals surface area contributed by atoms with E-state index in [0.29, 0.717) is 6.42 Å². The highest BCUT2D eigenvalue weighted by Crippen LogP contribution is 2.47. The summed E-state index contributed by atoms with van der Waals surface area (Å²) in [5.74, 6) is 0.496. The number of aromatic hydroxyl groups is 4. The number of rotatable bonds is 4. The van der Waals surface area contributed by atoms with Crippen molar-refractivity contribution >= 4 is 22.6 Å². The standard InChI is InChI=1S/C46H40N4O4/c1-26-21-40-44(29-9-5-13-33(53)24-29)38-18-17-36(48-38)42(27-7-3-11-31(51)22-27)35-15-16-37(47-35)43(28-8-4-12-32(52)23-28)39-19-20-41(49-39)46(2,45(26)50-40)30-10-6-14-34(54)25-30/h3-20,22-26,41,44-45,47-48,51-54H,21H2,1-2H3/b42-35-,43-37-. The number of allylic oxidation sites excluding steroid dienone is 1. The maximum Gasteiger partial charge on any atom is 0.116 e. The van der Waals surface area contributed by atoms with Gasteiger partial charge in [0.2, 0.25) is 0 Å². The lowest BCUT2D eigenvalue weighted by Gasteiger charge is -2.40. The summed E-state index contributed by atoms with van der Waals surface area (Å²) in [7, 11) is 0. The summed E-state index contributed by atoms with van der Waals surface area (Å²) in [6.45, 7) is 4.44. The maximum atomic E-state index is 10.8. The van der Waals surface area contributed by atoms with Crippen LogP contribution in [0.4, 0.5) is 0 Å². The first-order chi connectivity index (χ1) is 26.2. The maximum absolute atomic E-state index is 10.8. The van der Waals surface area contributed by atoms with Crippen LogP contribution >= 0.6 is 0 Å². The number of aliphatic imine (C=N–C) groups is 2. The van der Waals surface area contributed by atoms with Crippen LogP contribution in [0, 0.1) is 5.92 Å². The summed E-state index contributed by atoms with van der Waals surface area (Å²) in [6, 6.07) is 36.9. The molecule has 0 amide bonds. The third-order valence-corrected chi connectivity index (χ3v) is 11.4. The summed E-state index contributed by atoms with van der Waals surface area (Å²) in [5.41, 5.74) is 8.01. The number of nitrogens with one attached hydrogen (secondary N) is 2. The molecule has 0 saturated heterocycles. The molecule has 2 aromatic heterocycles. The molecule has 0 spiro atoms. The number of aromatic amines is 2. The van der Waals surface area contributed by atoms with Crippen LogP contribution in [0.3, 0.4) is 0 Å². The van der Waals surface area contributed by atoms with Crippen molar-refractivity contribution in [3.05, 3.63) is 178 Å². The molecule has 5 atom stereocenters. The predicted octanol–water partition coefficient (Wildman–Crippen LogP) is 6.94. The third-order valence-electron chi connectivity index (χ3n) is 11.4. The van der Waals surface area contributed by atoms with Crippen LogP contribution in [0.25, 0.3) is 11.1 Å². The SMILES string of the molecule is CC1CC2=NC1C(C)(c1cccc(O)c1)C1C=CC(=N1)/C(c1cccc(O)c1)=c1/cc/c([nH]1)=C(\c1cccc(O)c1)c1ccc([nH]1)C2c1cccc(O)c1. The molecule has 54 heavy (non-hydrogen) atoms.